The van der Waals surface area contributed by atoms with E-state index in [1.54, 1.807) is 0 Å². The summed E-state index contributed by atoms with van der Waals surface area (Å²) in [6, 6.07) is 0. The molecule has 2 unspecified atom stereocenters. The average Bonchev–Trinajstić information content (AvgIpc) is 2.62. The van der Waals surface area contributed by atoms with E-state index >= 15 is 0 Å². The summed E-state index contributed by atoms with van der Waals surface area (Å²) in [5.41, 5.74) is -0.378. The highest BCUT2D eigenvalue weighted by atomic mass is 35.5. The van der Waals surface area contributed by atoms with E-state index in [1.165, 1.54) is 64.2 Å². The topological polar surface area (TPSA) is 54.4 Å². The van der Waals surface area contributed by atoms with Crippen molar-refractivity contribution in [2.75, 3.05) is 21.1 Å². The fourth-order valence-corrected chi connectivity index (χ4v) is 3.55. The zero-order chi connectivity index (χ0) is 21.4. The van der Waals surface area contributed by atoms with E-state index in [9.17, 15) is 14.7 Å². The second-order valence-electron chi connectivity index (χ2n) is 9.14. The lowest BCUT2D eigenvalue weighted by molar-refractivity contribution is -0.883. The molecular formula is C23H45ClNO3+. The number of alkyl halides is 1. The van der Waals surface area contributed by atoms with Crippen LogP contribution >= 0.6 is 11.6 Å². The number of carbonyl (C=O) groups excluding carboxylic acids is 1. The molecule has 2 atom stereocenters. The van der Waals surface area contributed by atoms with Crippen LogP contribution in [0.4, 0.5) is 0 Å². The molecule has 0 aliphatic rings. The van der Waals surface area contributed by atoms with Gasteiger partial charge in [0.15, 0.2) is 5.50 Å². The highest BCUT2D eigenvalue weighted by molar-refractivity contribution is 6.20. The maximum absolute atomic E-state index is 12.3. The number of hydrogen-bond acceptors (Lipinski definition) is 2. The van der Waals surface area contributed by atoms with Crippen molar-refractivity contribution in [3.63, 3.8) is 0 Å². The Balaban J connectivity index is 3.75. The quantitative estimate of drug-likeness (QED) is 0.0867. The summed E-state index contributed by atoms with van der Waals surface area (Å²) in [5, 5.41) is 9.38. The molecule has 0 aliphatic heterocycles. The molecule has 0 aliphatic carbocycles. The highest BCUT2D eigenvalue weighted by Gasteiger charge is 2.33. The fraction of sp³-hybridized carbons (Fsp3) is 0.913. The van der Waals surface area contributed by atoms with Crippen molar-refractivity contribution in [2.24, 2.45) is 5.92 Å². The Morgan fingerprint density at radius 3 is 1.54 bits per heavy atom. The Bertz CT molecular complexity index is 421. The average molecular weight is 419 g/mol. The van der Waals surface area contributed by atoms with Gasteiger partial charge in [-0.25, -0.2) is 0 Å². The number of aliphatic carboxylic acids is 1. The van der Waals surface area contributed by atoms with Gasteiger partial charge in [-0.2, -0.15) is 0 Å². The van der Waals surface area contributed by atoms with Gasteiger partial charge in [-0.1, -0.05) is 95.6 Å². The SMILES string of the molecule is CCCCCCCCCCCCCCCC(=O)C(CC(Cl)[N+](C)(C)C)C(=O)O. The van der Waals surface area contributed by atoms with Gasteiger partial charge < -0.3 is 9.59 Å². The van der Waals surface area contributed by atoms with Crippen molar-refractivity contribution in [1.82, 2.24) is 0 Å². The zero-order valence-corrected chi connectivity index (χ0v) is 19.6. The fourth-order valence-electron chi connectivity index (χ4n) is 3.37. The summed E-state index contributed by atoms with van der Waals surface area (Å²) in [7, 11) is 5.73. The third kappa shape index (κ3) is 14.4. The van der Waals surface area contributed by atoms with Gasteiger partial charge in [-0.15, -0.1) is 0 Å². The van der Waals surface area contributed by atoms with E-state index in [1.807, 2.05) is 21.1 Å². The van der Waals surface area contributed by atoms with Crippen LogP contribution in [0.2, 0.25) is 0 Å². The Hall–Kier alpha value is -0.610. The molecule has 0 spiro atoms. The first kappa shape index (κ1) is 27.4. The van der Waals surface area contributed by atoms with Crippen LogP contribution in [0.5, 0.6) is 0 Å². The van der Waals surface area contributed by atoms with Gasteiger partial charge in [-0.05, 0) is 6.42 Å². The van der Waals surface area contributed by atoms with Gasteiger partial charge in [-0.3, -0.25) is 9.59 Å². The molecule has 1 N–H and O–H groups in total. The highest BCUT2D eigenvalue weighted by Crippen LogP contribution is 2.21. The molecule has 0 heterocycles. The molecule has 0 aromatic carbocycles. The van der Waals surface area contributed by atoms with Crippen molar-refractivity contribution in [3.8, 4) is 0 Å². The molecule has 0 saturated carbocycles. The van der Waals surface area contributed by atoms with E-state index in [-0.39, 0.29) is 17.7 Å². The standard InChI is InChI=1S/C23H44ClNO3/c1-5-6-7-8-9-10-11-12-13-14-15-16-17-18-21(26)20(23(27)28)19-22(24)25(2,3)4/h20,22H,5-19H2,1-4H3/p+1. The first-order chi connectivity index (χ1) is 13.2. The minimum Gasteiger partial charge on any atom is -0.481 e. The first-order valence-corrected chi connectivity index (χ1v) is 11.8. The third-order valence-corrected chi connectivity index (χ3v) is 6.25. The lowest BCUT2D eigenvalue weighted by atomic mass is 9.95. The number of ketones is 1. The number of hydrogen-bond donors (Lipinski definition) is 1. The van der Waals surface area contributed by atoms with E-state index in [0.29, 0.717) is 10.9 Å². The van der Waals surface area contributed by atoms with E-state index < -0.39 is 11.9 Å². The minimum absolute atomic E-state index is 0.172. The Labute approximate surface area is 178 Å². The number of halogens is 1. The first-order valence-electron chi connectivity index (χ1n) is 11.4. The molecule has 0 amide bonds. The predicted molar refractivity (Wildman–Crippen MR) is 119 cm³/mol. The smallest absolute Gasteiger partial charge is 0.314 e. The van der Waals surface area contributed by atoms with Crippen LogP contribution in [-0.2, 0) is 9.59 Å². The molecule has 0 rings (SSSR count). The second kappa shape index (κ2) is 16.2. The number of unbranched alkanes of at least 4 members (excludes halogenated alkanes) is 12. The van der Waals surface area contributed by atoms with Crippen LogP contribution < -0.4 is 0 Å². The number of quaternary nitrogens is 1. The largest absolute Gasteiger partial charge is 0.481 e. The predicted octanol–water partition coefficient (Wildman–Crippen LogP) is 6.40. The molecule has 0 aromatic heterocycles. The molecule has 0 radical (unpaired) electrons. The number of carboxylic acid groups (broad SMARTS) is 1. The third-order valence-electron chi connectivity index (χ3n) is 5.48. The number of Topliss-reactive ketones (excluding diaryl/α,β-unsaturated/α-hetero) is 1. The maximum Gasteiger partial charge on any atom is 0.314 e. The summed E-state index contributed by atoms with van der Waals surface area (Å²) >= 11 is 6.28. The van der Waals surface area contributed by atoms with E-state index in [0.717, 1.165) is 19.3 Å². The summed E-state index contributed by atoms with van der Waals surface area (Å²) in [6.45, 7) is 2.25. The van der Waals surface area contributed by atoms with Crippen molar-refractivity contribution in [3.05, 3.63) is 0 Å². The van der Waals surface area contributed by atoms with Gasteiger partial charge in [0.2, 0.25) is 0 Å². The Morgan fingerprint density at radius 1 is 0.786 bits per heavy atom. The molecular weight excluding hydrogens is 374 g/mol. The van der Waals surface area contributed by atoms with Gasteiger partial charge in [0.05, 0.1) is 21.1 Å². The van der Waals surface area contributed by atoms with Crippen LogP contribution in [0, 0.1) is 5.92 Å². The molecule has 166 valence electrons. The van der Waals surface area contributed by atoms with Crippen molar-refractivity contribution < 1.29 is 19.2 Å². The van der Waals surface area contributed by atoms with Crippen LogP contribution in [0.15, 0.2) is 0 Å². The summed E-state index contributed by atoms with van der Waals surface area (Å²) in [4.78, 5) is 23.8. The number of rotatable bonds is 19. The zero-order valence-electron chi connectivity index (χ0n) is 18.9. The van der Waals surface area contributed by atoms with Crippen molar-refractivity contribution >= 4 is 23.4 Å². The van der Waals surface area contributed by atoms with Crippen LogP contribution in [0.1, 0.15) is 103 Å². The molecule has 0 saturated heterocycles. The molecule has 0 bridgehead atoms. The molecule has 4 nitrogen and oxygen atoms in total. The second-order valence-corrected chi connectivity index (χ2v) is 9.64. The monoisotopic (exact) mass is 418 g/mol. The van der Waals surface area contributed by atoms with Crippen LogP contribution in [-0.4, -0.2) is 48.0 Å². The molecule has 0 fully saturated rings. The molecule has 28 heavy (non-hydrogen) atoms. The summed E-state index contributed by atoms with van der Waals surface area (Å²) in [5.74, 6) is -2.19. The van der Waals surface area contributed by atoms with Crippen LogP contribution in [0.25, 0.3) is 0 Å². The Kier molecular flexibility index (Phi) is 15.9. The lowest BCUT2D eigenvalue weighted by Gasteiger charge is -2.30. The Morgan fingerprint density at radius 2 is 1.18 bits per heavy atom. The van der Waals surface area contributed by atoms with Gasteiger partial charge >= 0.3 is 5.97 Å². The normalized spacial score (nSPS) is 14.0. The maximum atomic E-state index is 12.3. The van der Waals surface area contributed by atoms with Crippen LogP contribution in [0.3, 0.4) is 0 Å². The molecule has 0 aromatic rings. The molecule has 5 heteroatoms. The van der Waals surface area contributed by atoms with Gasteiger partial charge in [0, 0.05) is 12.8 Å². The van der Waals surface area contributed by atoms with Crippen molar-refractivity contribution in [1.29, 1.82) is 0 Å². The summed E-state index contributed by atoms with van der Waals surface area (Å²) < 4.78 is 0.442. The number of nitrogens with zero attached hydrogens (tertiary/aromatic N) is 1. The lowest BCUT2D eigenvalue weighted by Crippen LogP contribution is -2.44. The summed E-state index contributed by atoms with van der Waals surface area (Å²) in [6.07, 6.45) is 16.8. The minimum atomic E-state index is -1.04. The van der Waals surface area contributed by atoms with E-state index in [2.05, 4.69) is 6.92 Å². The van der Waals surface area contributed by atoms with Crippen molar-refractivity contribution in [2.45, 2.75) is 109 Å². The van der Waals surface area contributed by atoms with E-state index in [4.69, 9.17) is 11.6 Å². The van der Waals surface area contributed by atoms with Gasteiger partial charge in [0.25, 0.3) is 0 Å². The number of carboxylic acids is 1. The number of carbonyl (C=O) groups is 2. The van der Waals surface area contributed by atoms with Gasteiger partial charge in [0.1, 0.15) is 11.7 Å².